The van der Waals surface area contributed by atoms with E-state index in [0.717, 1.165) is 11.1 Å². The Kier molecular flexibility index (Phi) is 5.94. The summed E-state index contributed by atoms with van der Waals surface area (Å²) in [6.07, 6.45) is 1.75. The van der Waals surface area contributed by atoms with Crippen LogP contribution in [-0.2, 0) is 13.1 Å². The standard InChI is InChI=1S/C17H21N3O3/c1-13(12-21)19-17(23)18-10-14-5-7-15(8-6-14)11-20-9-3-2-4-16(20)22/h2-9,13,21H,10-12H2,1H3,(H2,18,19,23). The van der Waals surface area contributed by atoms with E-state index in [1.807, 2.05) is 30.3 Å². The van der Waals surface area contributed by atoms with Gasteiger partial charge in [0.2, 0.25) is 0 Å². The average Bonchev–Trinajstić information content (AvgIpc) is 2.56. The zero-order valence-electron chi connectivity index (χ0n) is 13.0. The monoisotopic (exact) mass is 315 g/mol. The van der Waals surface area contributed by atoms with Crippen LogP contribution in [0.1, 0.15) is 18.1 Å². The van der Waals surface area contributed by atoms with Crippen LogP contribution in [-0.4, -0.2) is 28.4 Å². The van der Waals surface area contributed by atoms with Crippen LogP contribution in [0.2, 0.25) is 0 Å². The van der Waals surface area contributed by atoms with Gasteiger partial charge >= 0.3 is 6.03 Å². The van der Waals surface area contributed by atoms with Gasteiger partial charge in [0.25, 0.3) is 5.56 Å². The number of aliphatic hydroxyl groups is 1. The molecule has 1 unspecified atom stereocenters. The second kappa shape index (κ2) is 8.14. The van der Waals surface area contributed by atoms with E-state index in [4.69, 9.17) is 5.11 Å². The van der Waals surface area contributed by atoms with Gasteiger partial charge in [0.1, 0.15) is 0 Å². The van der Waals surface area contributed by atoms with Crippen LogP contribution >= 0.6 is 0 Å². The van der Waals surface area contributed by atoms with Crippen molar-refractivity contribution in [3.63, 3.8) is 0 Å². The molecule has 0 radical (unpaired) electrons. The van der Waals surface area contributed by atoms with E-state index in [2.05, 4.69) is 10.6 Å². The van der Waals surface area contributed by atoms with Crippen LogP contribution in [0.3, 0.4) is 0 Å². The average molecular weight is 315 g/mol. The fraction of sp³-hybridized carbons (Fsp3) is 0.294. The maximum absolute atomic E-state index is 11.7. The normalized spacial score (nSPS) is 11.7. The topological polar surface area (TPSA) is 83.4 Å². The molecule has 1 heterocycles. The van der Waals surface area contributed by atoms with Crippen LogP contribution in [0, 0.1) is 0 Å². The van der Waals surface area contributed by atoms with Gasteiger partial charge in [-0.3, -0.25) is 4.79 Å². The molecule has 122 valence electrons. The van der Waals surface area contributed by atoms with Gasteiger partial charge in [0.05, 0.1) is 19.2 Å². The first-order valence-electron chi connectivity index (χ1n) is 7.47. The Morgan fingerprint density at radius 2 is 1.87 bits per heavy atom. The summed E-state index contributed by atoms with van der Waals surface area (Å²) in [7, 11) is 0. The molecule has 1 aromatic heterocycles. The van der Waals surface area contributed by atoms with Crippen molar-refractivity contribution < 1.29 is 9.90 Å². The molecule has 0 saturated carbocycles. The van der Waals surface area contributed by atoms with Crippen molar-refractivity contribution in [2.45, 2.75) is 26.1 Å². The van der Waals surface area contributed by atoms with E-state index in [1.54, 1.807) is 23.8 Å². The van der Waals surface area contributed by atoms with E-state index in [1.165, 1.54) is 6.07 Å². The van der Waals surface area contributed by atoms with E-state index in [0.29, 0.717) is 13.1 Å². The Morgan fingerprint density at radius 1 is 1.17 bits per heavy atom. The molecule has 0 bridgehead atoms. The van der Waals surface area contributed by atoms with E-state index in [9.17, 15) is 9.59 Å². The molecule has 3 N–H and O–H groups in total. The van der Waals surface area contributed by atoms with Crippen molar-refractivity contribution in [3.05, 3.63) is 70.1 Å². The Balaban J connectivity index is 1.89. The highest BCUT2D eigenvalue weighted by Gasteiger charge is 2.05. The molecule has 1 atom stereocenters. The number of pyridine rings is 1. The Morgan fingerprint density at radius 3 is 2.52 bits per heavy atom. The van der Waals surface area contributed by atoms with Gasteiger partial charge in [-0.05, 0) is 24.1 Å². The summed E-state index contributed by atoms with van der Waals surface area (Å²) in [5.41, 5.74) is 1.94. The molecule has 0 fully saturated rings. The van der Waals surface area contributed by atoms with Crippen molar-refractivity contribution >= 4 is 6.03 Å². The van der Waals surface area contributed by atoms with E-state index < -0.39 is 0 Å². The largest absolute Gasteiger partial charge is 0.394 e. The third kappa shape index (κ3) is 5.27. The van der Waals surface area contributed by atoms with Gasteiger partial charge in [0.15, 0.2) is 0 Å². The Hall–Kier alpha value is -2.60. The zero-order valence-corrected chi connectivity index (χ0v) is 13.0. The maximum Gasteiger partial charge on any atom is 0.315 e. The Labute approximate surface area is 134 Å². The molecule has 0 aliphatic rings. The molecule has 0 aliphatic carbocycles. The lowest BCUT2D eigenvalue weighted by molar-refractivity contribution is 0.220. The minimum Gasteiger partial charge on any atom is -0.394 e. The number of aromatic nitrogens is 1. The quantitative estimate of drug-likeness (QED) is 0.746. The van der Waals surface area contributed by atoms with Crippen molar-refractivity contribution in [2.24, 2.45) is 0 Å². The minimum atomic E-state index is -0.313. The summed E-state index contributed by atoms with van der Waals surface area (Å²) < 4.78 is 1.64. The van der Waals surface area contributed by atoms with Crippen LogP contribution in [0.4, 0.5) is 4.79 Å². The number of aliphatic hydroxyl groups excluding tert-OH is 1. The smallest absolute Gasteiger partial charge is 0.315 e. The van der Waals surface area contributed by atoms with Gasteiger partial charge in [-0.15, -0.1) is 0 Å². The van der Waals surface area contributed by atoms with E-state index in [-0.39, 0.29) is 24.2 Å². The number of nitrogens with zero attached hydrogens (tertiary/aromatic N) is 1. The highest BCUT2D eigenvalue weighted by molar-refractivity contribution is 5.74. The molecule has 2 amide bonds. The SMILES string of the molecule is CC(CO)NC(=O)NCc1ccc(Cn2ccccc2=O)cc1. The lowest BCUT2D eigenvalue weighted by atomic mass is 10.1. The Bertz CT molecular complexity index is 695. The minimum absolute atomic E-state index is 0.0343. The number of hydrogen-bond donors (Lipinski definition) is 3. The molecule has 23 heavy (non-hydrogen) atoms. The van der Waals surface area contributed by atoms with Crippen LogP contribution in [0.25, 0.3) is 0 Å². The third-order valence-electron chi connectivity index (χ3n) is 3.38. The van der Waals surface area contributed by atoms with Crippen molar-refractivity contribution in [1.29, 1.82) is 0 Å². The number of nitrogens with one attached hydrogen (secondary N) is 2. The molecular weight excluding hydrogens is 294 g/mol. The van der Waals surface area contributed by atoms with Crippen molar-refractivity contribution in [3.8, 4) is 0 Å². The van der Waals surface area contributed by atoms with Gasteiger partial charge in [-0.25, -0.2) is 4.79 Å². The van der Waals surface area contributed by atoms with Gasteiger partial charge in [-0.1, -0.05) is 30.3 Å². The molecule has 0 aliphatic heterocycles. The lowest BCUT2D eigenvalue weighted by Crippen LogP contribution is -2.41. The number of carbonyl (C=O) groups is 1. The predicted octanol–water partition coefficient (Wildman–Crippen LogP) is 1.08. The first kappa shape index (κ1) is 16.8. The summed E-state index contributed by atoms with van der Waals surface area (Å²) in [5, 5.41) is 14.2. The third-order valence-corrected chi connectivity index (χ3v) is 3.38. The van der Waals surface area contributed by atoms with E-state index >= 15 is 0 Å². The van der Waals surface area contributed by atoms with Crippen molar-refractivity contribution in [1.82, 2.24) is 15.2 Å². The number of carbonyl (C=O) groups excluding carboxylic acids is 1. The number of hydrogen-bond acceptors (Lipinski definition) is 3. The van der Waals surface area contributed by atoms with Gasteiger partial charge < -0.3 is 20.3 Å². The second-order valence-corrected chi connectivity index (χ2v) is 5.39. The molecular formula is C17H21N3O3. The summed E-state index contributed by atoms with van der Waals surface area (Å²) in [4.78, 5) is 23.2. The highest BCUT2D eigenvalue weighted by atomic mass is 16.3. The van der Waals surface area contributed by atoms with Crippen LogP contribution in [0.15, 0.2) is 53.5 Å². The molecule has 0 saturated heterocycles. The molecule has 6 heteroatoms. The number of benzene rings is 1. The van der Waals surface area contributed by atoms with Crippen LogP contribution < -0.4 is 16.2 Å². The van der Waals surface area contributed by atoms with Crippen LogP contribution in [0.5, 0.6) is 0 Å². The molecule has 1 aromatic carbocycles. The summed E-state index contributed by atoms with van der Waals surface area (Å²) in [6, 6.07) is 12.2. The number of amides is 2. The molecule has 2 rings (SSSR count). The predicted molar refractivity (Wildman–Crippen MR) is 88.2 cm³/mol. The molecule has 0 spiro atoms. The summed E-state index contributed by atoms with van der Waals surface area (Å²) >= 11 is 0. The zero-order chi connectivity index (χ0) is 16.7. The first-order chi connectivity index (χ1) is 11.1. The molecule has 2 aromatic rings. The maximum atomic E-state index is 11.7. The molecule has 6 nitrogen and oxygen atoms in total. The number of urea groups is 1. The summed E-state index contributed by atoms with van der Waals surface area (Å²) in [5.74, 6) is 0. The number of rotatable bonds is 6. The van der Waals surface area contributed by atoms with Crippen molar-refractivity contribution in [2.75, 3.05) is 6.61 Å². The highest BCUT2D eigenvalue weighted by Crippen LogP contribution is 2.05. The fourth-order valence-electron chi connectivity index (χ4n) is 2.05. The van der Waals surface area contributed by atoms with Gasteiger partial charge in [-0.2, -0.15) is 0 Å². The fourth-order valence-corrected chi connectivity index (χ4v) is 2.05. The second-order valence-electron chi connectivity index (χ2n) is 5.39. The van der Waals surface area contributed by atoms with Gasteiger partial charge in [0, 0.05) is 18.8 Å². The summed E-state index contributed by atoms with van der Waals surface area (Å²) in [6.45, 7) is 2.54. The first-order valence-corrected chi connectivity index (χ1v) is 7.47. The lowest BCUT2D eigenvalue weighted by Gasteiger charge is -2.12.